The number of benzene rings is 2. The summed E-state index contributed by atoms with van der Waals surface area (Å²) < 4.78 is 42.1. The molecule has 2 rings (SSSR count). The second-order valence-electron chi connectivity index (χ2n) is 4.74. The SMILES string of the molecule is NC(CCC(F)(F)F)c1ccc(Oc2ccccc2)cc1. The highest BCUT2D eigenvalue weighted by Gasteiger charge is 2.27. The van der Waals surface area contributed by atoms with Crippen LogP contribution in [-0.2, 0) is 0 Å². The monoisotopic (exact) mass is 295 g/mol. The quantitative estimate of drug-likeness (QED) is 0.858. The molecule has 21 heavy (non-hydrogen) atoms. The van der Waals surface area contributed by atoms with Crippen LogP contribution in [-0.4, -0.2) is 6.18 Å². The minimum atomic E-state index is -4.17. The molecule has 112 valence electrons. The molecule has 2 nitrogen and oxygen atoms in total. The summed E-state index contributed by atoms with van der Waals surface area (Å²) in [6, 6.07) is 15.4. The number of alkyl halides is 3. The zero-order valence-corrected chi connectivity index (χ0v) is 11.3. The van der Waals surface area contributed by atoms with Gasteiger partial charge in [0.1, 0.15) is 11.5 Å². The Morgan fingerprint density at radius 2 is 1.48 bits per heavy atom. The van der Waals surface area contributed by atoms with E-state index in [1.165, 1.54) is 0 Å². The maximum Gasteiger partial charge on any atom is 0.389 e. The van der Waals surface area contributed by atoms with Crippen LogP contribution in [0.5, 0.6) is 11.5 Å². The Morgan fingerprint density at radius 1 is 0.905 bits per heavy atom. The number of ether oxygens (including phenoxy) is 1. The van der Waals surface area contributed by atoms with Gasteiger partial charge < -0.3 is 10.5 Å². The summed E-state index contributed by atoms with van der Waals surface area (Å²) in [6.07, 6.45) is -5.17. The summed E-state index contributed by atoms with van der Waals surface area (Å²) in [5.74, 6) is 1.32. The lowest BCUT2D eigenvalue weighted by Gasteiger charge is -2.14. The summed E-state index contributed by atoms with van der Waals surface area (Å²) in [5.41, 5.74) is 6.43. The molecular formula is C16H16F3NO. The molecule has 0 aliphatic carbocycles. The number of hydrogen-bond acceptors (Lipinski definition) is 2. The second kappa shape index (κ2) is 6.63. The largest absolute Gasteiger partial charge is 0.457 e. The maximum absolute atomic E-state index is 12.2. The molecule has 0 heterocycles. The highest BCUT2D eigenvalue weighted by atomic mass is 19.4. The van der Waals surface area contributed by atoms with Gasteiger partial charge in [0, 0.05) is 12.5 Å². The number of para-hydroxylation sites is 1. The number of rotatable bonds is 5. The van der Waals surface area contributed by atoms with E-state index in [4.69, 9.17) is 10.5 Å². The molecule has 0 fully saturated rings. The highest BCUT2D eigenvalue weighted by Crippen LogP contribution is 2.28. The topological polar surface area (TPSA) is 35.2 Å². The van der Waals surface area contributed by atoms with Gasteiger partial charge in [0.2, 0.25) is 0 Å². The van der Waals surface area contributed by atoms with E-state index in [-0.39, 0.29) is 6.42 Å². The van der Waals surface area contributed by atoms with Gasteiger partial charge in [-0.1, -0.05) is 30.3 Å². The van der Waals surface area contributed by atoms with Crippen LogP contribution in [0.2, 0.25) is 0 Å². The Bertz CT molecular complexity index is 552. The van der Waals surface area contributed by atoms with Crippen molar-refractivity contribution < 1.29 is 17.9 Å². The van der Waals surface area contributed by atoms with Crippen molar-refractivity contribution in [1.82, 2.24) is 0 Å². The lowest BCUT2D eigenvalue weighted by atomic mass is 10.0. The number of halogens is 3. The van der Waals surface area contributed by atoms with Crippen LogP contribution in [0.1, 0.15) is 24.4 Å². The molecule has 0 bridgehead atoms. The first kappa shape index (κ1) is 15.4. The Kier molecular flexibility index (Phi) is 4.85. The van der Waals surface area contributed by atoms with Gasteiger partial charge in [0.25, 0.3) is 0 Å². The lowest BCUT2D eigenvalue weighted by Crippen LogP contribution is -2.15. The predicted molar refractivity (Wildman–Crippen MR) is 75.2 cm³/mol. The fraction of sp³-hybridized carbons (Fsp3) is 0.250. The predicted octanol–water partition coefficient (Wildman–Crippen LogP) is 4.82. The van der Waals surface area contributed by atoms with Crippen molar-refractivity contribution in [3.05, 3.63) is 60.2 Å². The summed E-state index contributed by atoms with van der Waals surface area (Å²) in [4.78, 5) is 0. The molecule has 0 saturated carbocycles. The van der Waals surface area contributed by atoms with Crippen molar-refractivity contribution in [2.45, 2.75) is 25.1 Å². The molecule has 0 aliphatic rings. The Balaban J connectivity index is 1.95. The molecule has 0 aromatic heterocycles. The third-order valence-corrected chi connectivity index (χ3v) is 3.03. The smallest absolute Gasteiger partial charge is 0.389 e. The van der Waals surface area contributed by atoms with Crippen molar-refractivity contribution >= 4 is 0 Å². The first-order chi connectivity index (χ1) is 9.94. The third-order valence-electron chi connectivity index (χ3n) is 3.03. The van der Waals surface area contributed by atoms with Crippen LogP contribution >= 0.6 is 0 Å². The first-order valence-electron chi connectivity index (χ1n) is 6.59. The van der Waals surface area contributed by atoms with E-state index in [1.54, 1.807) is 24.3 Å². The molecule has 5 heteroatoms. The summed E-state index contributed by atoms with van der Waals surface area (Å²) in [6.45, 7) is 0. The van der Waals surface area contributed by atoms with Crippen molar-refractivity contribution in [3.63, 3.8) is 0 Å². The van der Waals surface area contributed by atoms with Gasteiger partial charge in [-0.2, -0.15) is 13.2 Å². The highest BCUT2D eigenvalue weighted by molar-refractivity contribution is 5.33. The van der Waals surface area contributed by atoms with Gasteiger partial charge in [-0.05, 0) is 36.2 Å². The molecule has 0 amide bonds. The van der Waals surface area contributed by atoms with Crippen molar-refractivity contribution in [1.29, 1.82) is 0 Å². The van der Waals surface area contributed by atoms with Gasteiger partial charge in [-0.25, -0.2) is 0 Å². The molecule has 0 aliphatic heterocycles. The molecule has 0 saturated heterocycles. The van der Waals surface area contributed by atoms with Gasteiger partial charge in [-0.15, -0.1) is 0 Å². The third kappa shape index (κ3) is 5.11. The van der Waals surface area contributed by atoms with E-state index >= 15 is 0 Å². The second-order valence-corrected chi connectivity index (χ2v) is 4.74. The summed E-state index contributed by atoms with van der Waals surface area (Å²) in [7, 11) is 0. The number of hydrogen-bond donors (Lipinski definition) is 1. The minimum Gasteiger partial charge on any atom is -0.457 e. The lowest BCUT2D eigenvalue weighted by molar-refractivity contribution is -0.136. The average Bonchev–Trinajstić information content (AvgIpc) is 2.46. The van der Waals surface area contributed by atoms with Crippen LogP contribution in [0.25, 0.3) is 0 Å². The van der Waals surface area contributed by atoms with E-state index in [2.05, 4.69) is 0 Å². The molecule has 1 unspecified atom stereocenters. The van der Waals surface area contributed by atoms with Gasteiger partial charge in [-0.3, -0.25) is 0 Å². The van der Waals surface area contributed by atoms with E-state index in [0.29, 0.717) is 17.1 Å². The van der Waals surface area contributed by atoms with Crippen molar-refractivity contribution in [3.8, 4) is 11.5 Å². The minimum absolute atomic E-state index is 0.123. The van der Waals surface area contributed by atoms with Gasteiger partial charge in [0.05, 0.1) is 0 Å². The van der Waals surface area contributed by atoms with Crippen LogP contribution in [0.3, 0.4) is 0 Å². The van der Waals surface area contributed by atoms with Crippen LogP contribution in [0.4, 0.5) is 13.2 Å². The molecular weight excluding hydrogens is 279 g/mol. The standard InChI is InChI=1S/C16H16F3NO/c17-16(18,19)11-10-15(20)12-6-8-14(9-7-12)21-13-4-2-1-3-5-13/h1-9,15H,10-11,20H2. The van der Waals surface area contributed by atoms with E-state index in [0.717, 1.165) is 0 Å². The normalized spacial score (nSPS) is 13.0. The number of nitrogens with two attached hydrogens (primary N) is 1. The zero-order chi connectivity index (χ0) is 15.3. The van der Waals surface area contributed by atoms with Crippen LogP contribution in [0, 0.1) is 0 Å². The summed E-state index contributed by atoms with van der Waals surface area (Å²) >= 11 is 0. The fourth-order valence-corrected chi connectivity index (χ4v) is 1.89. The van der Waals surface area contributed by atoms with Crippen LogP contribution < -0.4 is 10.5 Å². The summed E-state index contributed by atoms with van der Waals surface area (Å²) in [5, 5.41) is 0. The van der Waals surface area contributed by atoms with Crippen molar-refractivity contribution in [2.24, 2.45) is 5.73 Å². The molecule has 0 radical (unpaired) electrons. The molecule has 2 N–H and O–H groups in total. The van der Waals surface area contributed by atoms with Gasteiger partial charge in [0.15, 0.2) is 0 Å². The molecule has 1 atom stereocenters. The van der Waals surface area contributed by atoms with E-state index < -0.39 is 18.6 Å². The first-order valence-corrected chi connectivity index (χ1v) is 6.59. The Morgan fingerprint density at radius 3 is 2.05 bits per heavy atom. The van der Waals surface area contributed by atoms with E-state index in [9.17, 15) is 13.2 Å². The van der Waals surface area contributed by atoms with E-state index in [1.807, 2.05) is 30.3 Å². The molecule has 2 aromatic carbocycles. The Labute approximate surface area is 121 Å². The molecule has 0 spiro atoms. The van der Waals surface area contributed by atoms with Crippen molar-refractivity contribution in [2.75, 3.05) is 0 Å². The molecule has 2 aromatic rings. The zero-order valence-electron chi connectivity index (χ0n) is 11.3. The fourth-order valence-electron chi connectivity index (χ4n) is 1.89. The van der Waals surface area contributed by atoms with Crippen LogP contribution in [0.15, 0.2) is 54.6 Å². The van der Waals surface area contributed by atoms with Gasteiger partial charge >= 0.3 is 6.18 Å². The Hall–Kier alpha value is -2.01. The maximum atomic E-state index is 12.2. The average molecular weight is 295 g/mol.